The zero-order valence-electron chi connectivity index (χ0n) is 12.0. The van der Waals surface area contributed by atoms with Gasteiger partial charge in [-0.1, -0.05) is 6.92 Å². The van der Waals surface area contributed by atoms with Crippen LogP contribution in [-0.4, -0.2) is 40.8 Å². The van der Waals surface area contributed by atoms with Gasteiger partial charge in [0.05, 0.1) is 15.2 Å². The minimum absolute atomic E-state index is 0.598. The summed E-state index contributed by atoms with van der Waals surface area (Å²) < 4.78 is 6.85. The molecule has 3 heterocycles. The van der Waals surface area contributed by atoms with Crippen LogP contribution < -0.4 is 5.32 Å². The zero-order chi connectivity index (χ0) is 14.7. The van der Waals surface area contributed by atoms with E-state index in [0.29, 0.717) is 24.4 Å². The van der Waals surface area contributed by atoms with Crippen molar-refractivity contribution in [3.63, 3.8) is 0 Å². The predicted octanol–water partition coefficient (Wildman–Crippen LogP) is 3.13. The summed E-state index contributed by atoms with van der Waals surface area (Å²) in [5.41, 5.74) is 0. The molecule has 0 amide bonds. The van der Waals surface area contributed by atoms with Crippen LogP contribution in [0, 0.1) is 0 Å². The van der Waals surface area contributed by atoms with E-state index in [1.54, 1.807) is 11.3 Å². The number of aromatic nitrogens is 2. The molecule has 1 aliphatic rings. The van der Waals surface area contributed by atoms with Crippen LogP contribution in [0.1, 0.15) is 25.7 Å². The molecule has 1 unspecified atom stereocenters. The maximum atomic E-state index is 5.79. The molecule has 2 aromatic heterocycles. The Labute approximate surface area is 136 Å². The molecule has 1 fully saturated rings. The van der Waals surface area contributed by atoms with Crippen LogP contribution in [0.25, 0.3) is 10.8 Å². The van der Waals surface area contributed by atoms with Gasteiger partial charge in [0.1, 0.15) is 0 Å². The van der Waals surface area contributed by atoms with Crippen LogP contribution in [0.4, 0.5) is 0 Å². The molecule has 1 aliphatic heterocycles. The summed E-state index contributed by atoms with van der Waals surface area (Å²) in [6, 6.07) is 4.58. The molecule has 7 heteroatoms. The highest BCUT2D eigenvalue weighted by Crippen LogP contribution is 2.30. The van der Waals surface area contributed by atoms with Crippen LogP contribution in [0.2, 0.25) is 0 Å². The van der Waals surface area contributed by atoms with Gasteiger partial charge in [-0.25, -0.2) is 0 Å². The standard InChI is InChI=1S/C14H19BrN4OS/c1-2-19(8-10-4-3-7-16-10)9-13-17-18-14(20-13)11-5-6-12(15)21-11/h5-6,10,16H,2-4,7-9H2,1H3. The van der Waals surface area contributed by atoms with Gasteiger partial charge in [-0.2, -0.15) is 0 Å². The lowest BCUT2D eigenvalue weighted by Gasteiger charge is -2.22. The van der Waals surface area contributed by atoms with Crippen LogP contribution >= 0.6 is 27.3 Å². The van der Waals surface area contributed by atoms with Gasteiger partial charge in [-0.3, -0.25) is 4.90 Å². The number of halogens is 1. The number of likely N-dealkylation sites (N-methyl/N-ethyl adjacent to an activating group) is 1. The molecule has 0 bridgehead atoms. The van der Waals surface area contributed by atoms with Crippen molar-refractivity contribution in [1.82, 2.24) is 20.4 Å². The third-order valence-corrected chi connectivity index (χ3v) is 5.31. The summed E-state index contributed by atoms with van der Waals surface area (Å²) in [6.45, 7) is 6.05. The maximum Gasteiger partial charge on any atom is 0.257 e. The van der Waals surface area contributed by atoms with E-state index in [-0.39, 0.29) is 0 Å². The van der Waals surface area contributed by atoms with E-state index in [4.69, 9.17) is 4.42 Å². The monoisotopic (exact) mass is 370 g/mol. The summed E-state index contributed by atoms with van der Waals surface area (Å²) in [6.07, 6.45) is 2.54. The quantitative estimate of drug-likeness (QED) is 0.846. The first-order valence-electron chi connectivity index (χ1n) is 7.28. The van der Waals surface area contributed by atoms with E-state index in [9.17, 15) is 0 Å². The van der Waals surface area contributed by atoms with Crippen molar-refractivity contribution in [2.24, 2.45) is 0 Å². The Kier molecular flexibility index (Phi) is 5.05. The van der Waals surface area contributed by atoms with Gasteiger partial charge in [0.2, 0.25) is 5.89 Å². The first-order chi connectivity index (χ1) is 10.2. The second-order valence-corrected chi connectivity index (χ2v) is 7.69. The maximum absolute atomic E-state index is 5.79. The summed E-state index contributed by atoms with van der Waals surface area (Å²) >= 11 is 5.05. The number of hydrogen-bond acceptors (Lipinski definition) is 6. The molecule has 2 aromatic rings. The fourth-order valence-corrected chi connectivity index (χ4v) is 3.87. The van der Waals surface area contributed by atoms with Crippen molar-refractivity contribution in [1.29, 1.82) is 0 Å². The second kappa shape index (κ2) is 7.00. The first-order valence-corrected chi connectivity index (χ1v) is 8.89. The van der Waals surface area contributed by atoms with Crippen molar-refractivity contribution in [3.05, 3.63) is 21.8 Å². The molecule has 5 nitrogen and oxygen atoms in total. The van der Waals surface area contributed by atoms with Crippen molar-refractivity contribution in [3.8, 4) is 10.8 Å². The summed E-state index contributed by atoms with van der Waals surface area (Å²) in [7, 11) is 0. The largest absolute Gasteiger partial charge is 0.419 e. The smallest absolute Gasteiger partial charge is 0.257 e. The third kappa shape index (κ3) is 3.91. The minimum Gasteiger partial charge on any atom is -0.419 e. The molecule has 0 radical (unpaired) electrons. The Bertz CT molecular complexity index is 579. The van der Waals surface area contributed by atoms with Crippen LogP contribution in [-0.2, 0) is 6.54 Å². The lowest BCUT2D eigenvalue weighted by Crippen LogP contribution is -2.37. The second-order valence-electron chi connectivity index (χ2n) is 5.23. The molecule has 0 saturated carbocycles. The molecule has 0 aliphatic carbocycles. The Balaban J connectivity index is 1.62. The van der Waals surface area contributed by atoms with E-state index < -0.39 is 0 Å². The molecule has 3 rings (SSSR count). The average molecular weight is 371 g/mol. The van der Waals surface area contributed by atoms with Crippen molar-refractivity contribution < 1.29 is 4.42 Å². The Morgan fingerprint density at radius 2 is 2.38 bits per heavy atom. The topological polar surface area (TPSA) is 54.2 Å². The van der Waals surface area contributed by atoms with Crippen molar-refractivity contribution in [2.75, 3.05) is 19.6 Å². The molecule has 1 atom stereocenters. The number of nitrogens with zero attached hydrogens (tertiary/aromatic N) is 3. The van der Waals surface area contributed by atoms with Crippen molar-refractivity contribution >= 4 is 27.3 Å². The molecule has 0 spiro atoms. The van der Waals surface area contributed by atoms with E-state index in [0.717, 1.165) is 28.3 Å². The Morgan fingerprint density at radius 3 is 3.05 bits per heavy atom. The van der Waals surface area contributed by atoms with Crippen LogP contribution in [0.15, 0.2) is 20.3 Å². The first kappa shape index (κ1) is 15.1. The third-order valence-electron chi connectivity index (χ3n) is 3.70. The zero-order valence-corrected chi connectivity index (χ0v) is 14.4. The SMILES string of the molecule is CCN(Cc1nnc(-c2ccc(Br)s2)o1)CC1CCCN1. The molecule has 21 heavy (non-hydrogen) atoms. The number of rotatable bonds is 6. The number of nitrogens with one attached hydrogen (secondary N) is 1. The van der Waals surface area contributed by atoms with Gasteiger partial charge in [0.15, 0.2) is 0 Å². The van der Waals surface area contributed by atoms with Crippen LogP contribution in [0.3, 0.4) is 0 Å². The molecule has 1 N–H and O–H groups in total. The Hall–Kier alpha value is -0.760. The lowest BCUT2D eigenvalue weighted by atomic mass is 10.2. The van der Waals surface area contributed by atoms with Gasteiger partial charge in [0, 0.05) is 12.6 Å². The summed E-state index contributed by atoms with van der Waals surface area (Å²) in [4.78, 5) is 3.35. The predicted molar refractivity (Wildman–Crippen MR) is 87.3 cm³/mol. The normalized spacial score (nSPS) is 18.7. The molecular formula is C14H19BrN4OS. The van der Waals surface area contributed by atoms with E-state index in [1.807, 2.05) is 12.1 Å². The summed E-state index contributed by atoms with van der Waals surface area (Å²) in [5.74, 6) is 1.30. The fourth-order valence-electron chi connectivity index (χ4n) is 2.57. The van der Waals surface area contributed by atoms with Gasteiger partial charge in [-0.05, 0) is 54.0 Å². The van der Waals surface area contributed by atoms with Gasteiger partial charge in [-0.15, -0.1) is 21.5 Å². The van der Waals surface area contributed by atoms with E-state index >= 15 is 0 Å². The van der Waals surface area contributed by atoms with Crippen molar-refractivity contribution in [2.45, 2.75) is 32.4 Å². The number of hydrogen-bond donors (Lipinski definition) is 1. The molecule has 114 valence electrons. The minimum atomic E-state index is 0.598. The fraction of sp³-hybridized carbons (Fsp3) is 0.571. The highest BCUT2D eigenvalue weighted by atomic mass is 79.9. The van der Waals surface area contributed by atoms with Gasteiger partial charge >= 0.3 is 0 Å². The average Bonchev–Trinajstić information content (AvgIpc) is 3.19. The lowest BCUT2D eigenvalue weighted by molar-refractivity contribution is 0.230. The van der Waals surface area contributed by atoms with Crippen LogP contribution in [0.5, 0.6) is 0 Å². The molecule has 0 aromatic carbocycles. The Morgan fingerprint density at radius 1 is 1.48 bits per heavy atom. The summed E-state index contributed by atoms with van der Waals surface area (Å²) in [5, 5.41) is 11.9. The molecule has 1 saturated heterocycles. The number of thiophene rings is 1. The highest BCUT2D eigenvalue weighted by Gasteiger charge is 2.19. The van der Waals surface area contributed by atoms with Gasteiger partial charge < -0.3 is 9.73 Å². The van der Waals surface area contributed by atoms with E-state index in [2.05, 4.69) is 43.3 Å². The van der Waals surface area contributed by atoms with Gasteiger partial charge in [0.25, 0.3) is 5.89 Å². The van der Waals surface area contributed by atoms with E-state index in [1.165, 1.54) is 12.8 Å². The highest BCUT2D eigenvalue weighted by molar-refractivity contribution is 9.11. The molecular weight excluding hydrogens is 352 g/mol.